The normalized spacial score (nSPS) is 35.2. The van der Waals surface area contributed by atoms with Gasteiger partial charge < -0.3 is 5.32 Å². The van der Waals surface area contributed by atoms with Crippen LogP contribution in [0.3, 0.4) is 0 Å². The van der Waals surface area contributed by atoms with E-state index in [2.05, 4.69) is 12.2 Å². The average Bonchev–Trinajstić information content (AvgIpc) is 3.07. The van der Waals surface area contributed by atoms with Crippen molar-refractivity contribution in [3.63, 3.8) is 0 Å². The third kappa shape index (κ3) is 3.14. The monoisotopic (exact) mass is 315 g/mol. The Bertz CT molecular complexity index is 442. The Hall–Kier alpha value is -0.170. The van der Waals surface area contributed by atoms with Gasteiger partial charge in [-0.15, -0.1) is 0 Å². The number of nitrogens with zero attached hydrogens (tertiary/aromatic N) is 2. The molecule has 0 aromatic carbocycles. The lowest BCUT2D eigenvalue weighted by Gasteiger charge is -2.37. The van der Waals surface area contributed by atoms with Crippen molar-refractivity contribution in [2.75, 3.05) is 32.7 Å². The largest absolute Gasteiger partial charge is 0.315 e. The van der Waals surface area contributed by atoms with Crippen molar-refractivity contribution in [2.45, 2.75) is 51.5 Å². The molecule has 0 aromatic rings. The van der Waals surface area contributed by atoms with Gasteiger partial charge in [-0.05, 0) is 44.1 Å². The minimum atomic E-state index is -3.26. The van der Waals surface area contributed by atoms with Gasteiger partial charge >= 0.3 is 0 Å². The molecular formula is C15H29N3O2S. The van der Waals surface area contributed by atoms with E-state index in [0.717, 1.165) is 45.4 Å². The quantitative estimate of drug-likeness (QED) is 0.835. The molecule has 3 aliphatic rings. The second-order valence-corrected chi connectivity index (χ2v) is 8.72. The lowest BCUT2D eigenvalue weighted by Crippen LogP contribution is -2.53. The van der Waals surface area contributed by atoms with E-state index in [4.69, 9.17) is 0 Å². The van der Waals surface area contributed by atoms with Gasteiger partial charge in [0.15, 0.2) is 0 Å². The highest BCUT2D eigenvalue weighted by Gasteiger charge is 2.44. The number of fused-ring (bicyclic) bond motifs is 1. The smallest absolute Gasteiger partial charge is 0.282 e. The first kappa shape index (κ1) is 15.7. The van der Waals surface area contributed by atoms with Crippen LogP contribution in [0.25, 0.3) is 0 Å². The number of hydrogen-bond acceptors (Lipinski definition) is 3. The van der Waals surface area contributed by atoms with Gasteiger partial charge in [0.05, 0.1) is 0 Å². The molecule has 2 aliphatic heterocycles. The minimum absolute atomic E-state index is 0.143. The molecule has 1 N–H and O–H groups in total. The summed E-state index contributed by atoms with van der Waals surface area (Å²) in [7, 11) is -3.26. The summed E-state index contributed by atoms with van der Waals surface area (Å²) >= 11 is 0. The van der Waals surface area contributed by atoms with Gasteiger partial charge in [0.2, 0.25) is 0 Å². The summed E-state index contributed by atoms with van der Waals surface area (Å²) in [6.45, 7) is 5.98. The van der Waals surface area contributed by atoms with E-state index in [-0.39, 0.29) is 6.04 Å². The van der Waals surface area contributed by atoms with Crippen LogP contribution < -0.4 is 5.32 Å². The summed E-state index contributed by atoms with van der Waals surface area (Å²) in [5, 5.41) is 3.33. The van der Waals surface area contributed by atoms with Gasteiger partial charge in [-0.25, -0.2) is 0 Å². The Kier molecular flexibility index (Phi) is 4.88. The summed E-state index contributed by atoms with van der Waals surface area (Å²) < 4.78 is 29.6. The lowest BCUT2D eigenvalue weighted by atomic mass is 10.0. The Morgan fingerprint density at radius 1 is 1.05 bits per heavy atom. The summed E-state index contributed by atoms with van der Waals surface area (Å²) in [5.74, 6) is 1.24. The molecule has 3 rings (SSSR count). The molecule has 3 fully saturated rings. The maximum atomic E-state index is 13.0. The van der Waals surface area contributed by atoms with Crippen LogP contribution in [0, 0.1) is 11.8 Å². The zero-order chi connectivity index (χ0) is 14.9. The molecule has 1 aliphatic carbocycles. The molecule has 2 heterocycles. The molecule has 0 radical (unpaired) electrons. The predicted octanol–water partition coefficient (Wildman–Crippen LogP) is 1.43. The summed E-state index contributed by atoms with van der Waals surface area (Å²) in [6, 6.07) is 0.143. The maximum absolute atomic E-state index is 13.0. The molecular weight excluding hydrogens is 286 g/mol. The Labute approximate surface area is 129 Å². The van der Waals surface area contributed by atoms with Crippen molar-refractivity contribution in [1.82, 2.24) is 13.9 Å². The number of nitrogens with one attached hydrogen (secondary N) is 1. The average molecular weight is 315 g/mol. The third-order valence-corrected chi connectivity index (χ3v) is 7.54. The Morgan fingerprint density at radius 3 is 2.43 bits per heavy atom. The van der Waals surface area contributed by atoms with Crippen molar-refractivity contribution in [1.29, 1.82) is 0 Å². The van der Waals surface area contributed by atoms with Gasteiger partial charge in [0.1, 0.15) is 0 Å². The topological polar surface area (TPSA) is 52.7 Å². The van der Waals surface area contributed by atoms with Gasteiger partial charge in [0.25, 0.3) is 10.2 Å². The fourth-order valence-electron chi connectivity index (χ4n) is 4.32. The molecule has 5 nitrogen and oxygen atoms in total. The SMILES string of the molecule is CCNCC1CCCCN1S(=O)(=O)N1CC2CCCC2C1. The van der Waals surface area contributed by atoms with E-state index < -0.39 is 10.2 Å². The molecule has 6 heteroatoms. The molecule has 2 saturated heterocycles. The molecule has 1 saturated carbocycles. The highest BCUT2D eigenvalue weighted by Crippen LogP contribution is 2.39. The van der Waals surface area contributed by atoms with Gasteiger partial charge in [0, 0.05) is 32.2 Å². The standard InChI is InChI=1S/C15H29N3O2S/c1-2-16-10-15-8-3-4-9-18(15)21(19,20)17-11-13-6-5-7-14(13)12-17/h13-16H,2-12H2,1H3. The van der Waals surface area contributed by atoms with E-state index >= 15 is 0 Å². The zero-order valence-electron chi connectivity index (χ0n) is 13.1. The second kappa shape index (κ2) is 6.52. The molecule has 3 unspecified atom stereocenters. The van der Waals surface area contributed by atoms with Crippen molar-refractivity contribution in [3.8, 4) is 0 Å². The summed E-state index contributed by atoms with van der Waals surface area (Å²) in [5.41, 5.74) is 0. The van der Waals surface area contributed by atoms with Crippen LogP contribution >= 0.6 is 0 Å². The van der Waals surface area contributed by atoms with E-state index in [9.17, 15) is 8.42 Å². The predicted molar refractivity (Wildman–Crippen MR) is 84.2 cm³/mol. The number of piperidine rings is 1. The lowest BCUT2D eigenvalue weighted by molar-refractivity contribution is 0.229. The van der Waals surface area contributed by atoms with Crippen LogP contribution in [0.2, 0.25) is 0 Å². The number of rotatable bonds is 5. The van der Waals surface area contributed by atoms with Crippen molar-refractivity contribution < 1.29 is 8.42 Å². The number of hydrogen-bond donors (Lipinski definition) is 1. The van der Waals surface area contributed by atoms with Crippen LogP contribution in [0.15, 0.2) is 0 Å². The molecule has 0 spiro atoms. The molecule has 122 valence electrons. The van der Waals surface area contributed by atoms with Crippen LogP contribution in [-0.4, -0.2) is 55.8 Å². The first-order valence-electron chi connectivity index (χ1n) is 8.60. The Balaban J connectivity index is 1.70. The molecule has 0 amide bonds. The fraction of sp³-hybridized carbons (Fsp3) is 1.00. The van der Waals surface area contributed by atoms with Gasteiger partial charge in [-0.2, -0.15) is 17.0 Å². The third-order valence-electron chi connectivity index (χ3n) is 5.52. The molecule has 0 bridgehead atoms. The zero-order valence-corrected chi connectivity index (χ0v) is 13.9. The maximum Gasteiger partial charge on any atom is 0.282 e. The van der Waals surface area contributed by atoms with Gasteiger partial charge in [-0.3, -0.25) is 0 Å². The first-order valence-corrected chi connectivity index (χ1v) is 10.00. The van der Waals surface area contributed by atoms with E-state index in [0.29, 0.717) is 18.4 Å². The molecule has 0 aromatic heterocycles. The van der Waals surface area contributed by atoms with E-state index in [1.165, 1.54) is 19.3 Å². The van der Waals surface area contributed by atoms with Crippen molar-refractivity contribution in [2.24, 2.45) is 11.8 Å². The first-order chi connectivity index (χ1) is 10.1. The van der Waals surface area contributed by atoms with Crippen LogP contribution in [0.5, 0.6) is 0 Å². The highest BCUT2D eigenvalue weighted by molar-refractivity contribution is 7.86. The summed E-state index contributed by atoms with van der Waals surface area (Å²) in [6.07, 6.45) is 6.87. The van der Waals surface area contributed by atoms with Crippen molar-refractivity contribution >= 4 is 10.2 Å². The van der Waals surface area contributed by atoms with E-state index in [1.54, 1.807) is 8.61 Å². The number of likely N-dealkylation sites (N-methyl/N-ethyl adjacent to an activating group) is 1. The van der Waals surface area contributed by atoms with Crippen LogP contribution in [0.1, 0.15) is 45.4 Å². The highest BCUT2D eigenvalue weighted by atomic mass is 32.2. The van der Waals surface area contributed by atoms with E-state index in [1.807, 2.05) is 0 Å². The van der Waals surface area contributed by atoms with Crippen LogP contribution in [-0.2, 0) is 10.2 Å². The van der Waals surface area contributed by atoms with Crippen molar-refractivity contribution in [3.05, 3.63) is 0 Å². The van der Waals surface area contributed by atoms with Gasteiger partial charge in [-0.1, -0.05) is 19.8 Å². The Morgan fingerprint density at radius 2 is 1.76 bits per heavy atom. The fourth-order valence-corrected chi connectivity index (χ4v) is 6.29. The second-order valence-electron chi connectivity index (χ2n) is 6.84. The minimum Gasteiger partial charge on any atom is -0.315 e. The molecule has 3 atom stereocenters. The molecule has 21 heavy (non-hydrogen) atoms. The summed E-state index contributed by atoms with van der Waals surface area (Å²) in [4.78, 5) is 0. The van der Waals surface area contributed by atoms with Crippen LogP contribution in [0.4, 0.5) is 0 Å².